The number of nitrogens with zero attached hydrogens (tertiary/aromatic N) is 4. The predicted octanol–water partition coefficient (Wildman–Crippen LogP) is 2.68. The number of carbonyl (C=O) groups is 1. The maximum atomic E-state index is 12.1. The van der Waals surface area contributed by atoms with E-state index in [1.807, 2.05) is 18.5 Å². The number of nitrogens with one attached hydrogen (secondary N) is 1. The van der Waals surface area contributed by atoms with E-state index in [4.69, 9.17) is 4.74 Å². The number of amides is 1. The van der Waals surface area contributed by atoms with Crippen LogP contribution in [0.5, 0.6) is 0 Å². The summed E-state index contributed by atoms with van der Waals surface area (Å²) in [4.78, 5) is 23.2. The molecule has 7 nitrogen and oxygen atoms in total. The molecule has 0 unspecified atom stereocenters. The zero-order valence-electron chi connectivity index (χ0n) is 15.6. The smallest absolute Gasteiger partial charge is 0.226 e. The van der Waals surface area contributed by atoms with Crippen LogP contribution < -0.4 is 5.32 Å². The maximum absolute atomic E-state index is 12.1. The Balaban J connectivity index is 1.42. The Morgan fingerprint density at radius 1 is 1.38 bits per heavy atom. The van der Waals surface area contributed by atoms with E-state index in [0.717, 1.165) is 44.1 Å². The van der Waals surface area contributed by atoms with Crippen molar-refractivity contribution in [1.82, 2.24) is 19.4 Å². The van der Waals surface area contributed by atoms with Crippen molar-refractivity contribution in [2.75, 3.05) is 18.4 Å². The first-order valence-electron chi connectivity index (χ1n) is 9.09. The van der Waals surface area contributed by atoms with Gasteiger partial charge in [0.1, 0.15) is 5.82 Å². The number of ether oxygens (including phenoxy) is 1. The fraction of sp³-hybridized carbons (Fsp3) is 0.611. The van der Waals surface area contributed by atoms with Gasteiger partial charge in [0, 0.05) is 50.4 Å². The predicted molar refractivity (Wildman–Crippen MR) is 102 cm³/mol. The molecule has 0 saturated carbocycles. The standard InChI is InChI=1S/C18H27N5O2S/c1-13-9-22(10-14(2)25-13)11-16-12-26-18(20-16)21-17(24)5-4-7-23-8-6-19-15(23)3/h6,8,12-14H,4-5,7,9-11H2,1-3H3,(H,20,21,24)/t13-,14+. The van der Waals surface area contributed by atoms with Gasteiger partial charge in [-0.05, 0) is 27.2 Å². The molecule has 2 aromatic rings. The minimum absolute atomic E-state index is 0.0114. The highest BCUT2D eigenvalue weighted by Crippen LogP contribution is 2.19. The summed E-state index contributed by atoms with van der Waals surface area (Å²) in [7, 11) is 0. The van der Waals surface area contributed by atoms with Gasteiger partial charge in [0.2, 0.25) is 5.91 Å². The minimum atomic E-state index is 0.0114. The zero-order chi connectivity index (χ0) is 18.5. The summed E-state index contributed by atoms with van der Waals surface area (Å²) in [6.07, 6.45) is 5.47. The maximum Gasteiger partial charge on any atom is 0.226 e. The van der Waals surface area contributed by atoms with Crippen molar-refractivity contribution in [2.45, 2.75) is 58.9 Å². The lowest BCUT2D eigenvalue weighted by atomic mass is 10.2. The van der Waals surface area contributed by atoms with Gasteiger partial charge in [-0.15, -0.1) is 11.3 Å². The highest BCUT2D eigenvalue weighted by Gasteiger charge is 2.22. The van der Waals surface area contributed by atoms with Crippen LogP contribution in [0.4, 0.5) is 5.13 Å². The molecule has 3 heterocycles. The number of hydrogen-bond donors (Lipinski definition) is 1. The highest BCUT2D eigenvalue weighted by atomic mass is 32.1. The van der Waals surface area contributed by atoms with E-state index in [1.165, 1.54) is 11.3 Å². The van der Waals surface area contributed by atoms with Crippen molar-refractivity contribution in [1.29, 1.82) is 0 Å². The molecular weight excluding hydrogens is 350 g/mol. The Bertz CT molecular complexity index is 719. The summed E-state index contributed by atoms with van der Waals surface area (Å²) in [6.45, 7) is 9.59. The number of hydrogen-bond acceptors (Lipinski definition) is 6. The van der Waals surface area contributed by atoms with Gasteiger partial charge >= 0.3 is 0 Å². The normalized spacial score (nSPS) is 21.0. The average molecular weight is 378 g/mol. The van der Waals surface area contributed by atoms with Gasteiger partial charge in [-0.2, -0.15) is 0 Å². The van der Waals surface area contributed by atoms with Crippen LogP contribution in [0.25, 0.3) is 0 Å². The van der Waals surface area contributed by atoms with Gasteiger partial charge in [-0.25, -0.2) is 9.97 Å². The summed E-state index contributed by atoms with van der Waals surface area (Å²) in [5.41, 5.74) is 1.00. The number of aromatic nitrogens is 3. The van der Waals surface area contributed by atoms with Gasteiger partial charge < -0.3 is 14.6 Å². The first-order chi connectivity index (χ1) is 12.5. The number of thiazole rings is 1. The van der Waals surface area contributed by atoms with Crippen LogP contribution >= 0.6 is 11.3 Å². The number of morpholine rings is 1. The molecule has 1 N–H and O–H groups in total. The minimum Gasteiger partial charge on any atom is -0.373 e. The van der Waals surface area contributed by atoms with Crippen molar-refractivity contribution < 1.29 is 9.53 Å². The zero-order valence-corrected chi connectivity index (χ0v) is 16.5. The first kappa shape index (κ1) is 19.0. The molecule has 2 atom stereocenters. The lowest BCUT2D eigenvalue weighted by Gasteiger charge is -2.34. The van der Waals surface area contributed by atoms with Crippen molar-refractivity contribution in [3.8, 4) is 0 Å². The van der Waals surface area contributed by atoms with Crippen LogP contribution in [0.15, 0.2) is 17.8 Å². The number of aryl methyl sites for hydroxylation is 2. The number of rotatable bonds is 7. The molecule has 8 heteroatoms. The van der Waals surface area contributed by atoms with Crippen LogP contribution in [0.3, 0.4) is 0 Å². The monoisotopic (exact) mass is 377 g/mol. The Morgan fingerprint density at radius 3 is 2.85 bits per heavy atom. The fourth-order valence-electron chi connectivity index (χ4n) is 3.31. The van der Waals surface area contributed by atoms with Crippen molar-refractivity contribution in [2.24, 2.45) is 0 Å². The van der Waals surface area contributed by atoms with Gasteiger partial charge in [-0.3, -0.25) is 9.69 Å². The van der Waals surface area contributed by atoms with E-state index in [9.17, 15) is 4.79 Å². The first-order valence-corrected chi connectivity index (χ1v) is 9.97. The van der Waals surface area contributed by atoms with Crippen LogP contribution in [-0.2, 0) is 22.6 Å². The molecule has 26 heavy (non-hydrogen) atoms. The van der Waals surface area contributed by atoms with E-state index in [0.29, 0.717) is 11.6 Å². The number of anilines is 1. The molecule has 2 aromatic heterocycles. The fourth-order valence-corrected chi connectivity index (χ4v) is 4.03. The lowest BCUT2D eigenvalue weighted by molar-refractivity contribution is -0.116. The third kappa shape index (κ3) is 5.36. The molecule has 142 valence electrons. The molecule has 1 aliphatic heterocycles. The summed E-state index contributed by atoms with van der Waals surface area (Å²) >= 11 is 1.49. The summed E-state index contributed by atoms with van der Waals surface area (Å²) in [6, 6.07) is 0. The summed E-state index contributed by atoms with van der Waals surface area (Å²) in [5.74, 6) is 0.985. The molecule has 0 spiro atoms. The largest absolute Gasteiger partial charge is 0.373 e. The van der Waals surface area contributed by atoms with Gasteiger partial charge in [-0.1, -0.05) is 0 Å². The Labute approximate surface area is 158 Å². The molecule has 1 amide bonds. The second-order valence-corrected chi connectivity index (χ2v) is 7.77. The van der Waals surface area contributed by atoms with Gasteiger partial charge in [0.25, 0.3) is 0 Å². The van der Waals surface area contributed by atoms with Crippen LogP contribution in [0.1, 0.15) is 38.2 Å². The summed E-state index contributed by atoms with van der Waals surface area (Å²) < 4.78 is 7.82. The van der Waals surface area contributed by atoms with Crippen molar-refractivity contribution in [3.63, 3.8) is 0 Å². The van der Waals surface area contributed by atoms with Crippen LogP contribution in [-0.4, -0.2) is 50.6 Å². The van der Waals surface area contributed by atoms with E-state index >= 15 is 0 Å². The lowest BCUT2D eigenvalue weighted by Crippen LogP contribution is -2.44. The average Bonchev–Trinajstić information content (AvgIpc) is 3.16. The molecule has 3 rings (SSSR count). The number of carbonyl (C=O) groups excluding carboxylic acids is 1. The van der Waals surface area contributed by atoms with E-state index in [2.05, 4.69) is 38.6 Å². The summed E-state index contributed by atoms with van der Waals surface area (Å²) in [5, 5.41) is 5.61. The van der Waals surface area contributed by atoms with Crippen molar-refractivity contribution >= 4 is 22.4 Å². The molecule has 1 aliphatic rings. The molecule has 0 bridgehead atoms. The van der Waals surface area contributed by atoms with Crippen LogP contribution in [0, 0.1) is 6.92 Å². The molecule has 1 saturated heterocycles. The van der Waals surface area contributed by atoms with E-state index in [-0.39, 0.29) is 18.1 Å². The van der Waals surface area contributed by atoms with E-state index in [1.54, 1.807) is 6.20 Å². The molecule has 0 radical (unpaired) electrons. The Morgan fingerprint density at radius 2 is 2.15 bits per heavy atom. The van der Waals surface area contributed by atoms with Crippen LogP contribution in [0.2, 0.25) is 0 Å². The number of imidazole rings is 1. The van der Waals surface area contributed by atoms with E-state index < -0.39 is 0 Å². The SMILES string of the molecule is Cc1nccn1CCCC(=O)Nc1nc(CN2C[C@@H](C)O[C@@H](C)C2)cs1. The third-order valence-corrected chi connectivity index (χ3v) is 5.21. The van der Waals surface area contributed by atoms with Crippen molar-refractivity contribution in [3.05, 3.63) is 29.3 Å². The van der Waals surface area contributed by atoms with Gasteiger partial charge in [0.05, 0.1) is 17.9 Å². The molecule has 1 fully saturated rings. The molecular formula is C18H27N5O2S. The quantitative estimate of drug-likeness (QED) is 0.803. The highest BCUT2D eigenvalue weighted by molar-refractivity contribution is 7.13. The second-order valence-electron chi connectivity index (χ2n) is 6.91. The Kier molecular flexibility index (Phi) is 6.39. The Hall–Kier alpha value is -1.77. The van der Waals surface area contributed by atoms with Gasteiger partial charge in [0.15, 0.2) is 5.13 Å². The topological polar surface area (TPSA) is 72.3 Å². The molecule has 0 aliphatic carbocycles. The third-order valence-electron chi connectivity index (χ3n) is 4.41. The molecule has 0 aromatic carbocycles. The second kappa shape index (κ2) is 8.75.